The number of nitrogens with zero attached hydrogens (tertiary/aromatic N) is 4. The van der Waals surface area contributed by atoms with E-state index < -0.39 is 28.3 Å². The van der Waals surface area contributed by atoms with Crippen LogP contribution in [0.5, 0.6) is 5.75 Å². The summed E-state index contributed by atoms with van der Waals surface area (Å²) < 4.78 is 45.3. The molecule has 3 rings (SSSR count). The lowest BCUT2D eigenvalue weighted by molar-refractivity contribution is -0.385. The van der Waals surface area contributed by atoms with Gasteiger partial charge in [-0.3, -0.25) is 14.9 Å². The highest BCUT2D eigenvalue weighted by atomic mass is 19.4. The normalized spacial score (nSPS) is 11.2. The van der Waals surface area contributed by atoms with E-state index in [1.54, 1.807) is 0 Å². The quantitative estimate of drug-likeness (QED) is 0.512. The number of hydrogen-bond donors (Lipinski definition) is 1. The average Bonchev–Trinajstić information content (AvgIpc) is 3.21. The van der Waals surface area contributed by atoms with E-state index in [-0.39, 0.29) is 22.7 Å². The first kappa shape index (κ1) is 19.8. The van der Waals surface area contributed by atoms with E-state index >= 15 is 0 Å². The van der Waals surface area contributed by atoms with Crippen LogP contribution in [0.2, 0.25) is 0 Å². The highest BCUT2D eigenvalue weighted by molar-refractivity contribution is 6.05. The molecule has 0 saturated carbocycles. The van der Waals surface area contributed by atoms with Crippen LogP contribution in [0.4, 0.5) is 24.5 Å². The maximum Gasteiger partial charge on any atom is 0.416 e. The molecule has 0 aliphatic heterocycles. The van der Waals surface area contributed by atoms with Gasteiger partial charge in [-0.15, -0.1) is 0 Å². The minimum atomic E-state index is -4.64. The lowest BCUT2D eigenvalue weighted by Gasteiger charge is -2.14. The van der Waals surface area contributed by atoms with Gasteiger partial charge in [0.2, 0.25) is 0 Å². The van der Waals surface area contributed by atoms with E-state index in [2.05, 4.69) is 15.4 Å². The minimum Gasteiger partial charge on any atom is -0.490 e. The fraction of sp³-hybridized carbons (Fsp3) is 0.118. The molecule has 1 heterocycles. The molecule has 150 valence electrons. The molecule has 0 aliphatic carbocycles. The largest absolute Gasteiger partial charge is 0.490 e. The van der Waals surface area contributed by atoms with Crippen LogP contribution in [0.3, 0.4) is 0 Å². The Hall–Kier alpha value is -3.96. The number of ether oxygens (including phenoxy) is 1. The predicted octanol–water partition coefficient (Wildman–Crippen LogP) is 3.46. The molecule has 0 atom stereocenters. The Labute approximate surface area is 160 Å². The summed E-state index contributed by atoms with van der Waals surface area (Å²) in [7, 11) is 1.23. The van der Waals surface area contributed by atoms with Crippen molar-refractivity contribution in [1.29, 1.82) is 0 Å². The van der Waals surface area contributed by atoms with E-state index in [4.69, 9.17) is 4.74 Å². The Balaban J connectivity index is 2.01. The van der Waals surface area contributed by atoms with Crippen LogP contribution >= 0.6 is 0 Å². The van der Waals surface area contributed by atoms with Gasteiger partial charge >= 0.3 is 11.9 Å². The number of amides is 1. The van der Waals surface area contributed by atoms with Crippen LogP contribution in [0, 0.1) is 10.1 Å². The van der Waals surface area contributed by atoms with Crippen molar-refractivity contribution in [3.63, 3.8) is 0 Å². The van der Waals surface area contributed by atoms with Crippen molar-refractivity contribution in [1.82, 2.24) is 14.8 Å². The van der Waals surface area contributed by atoms with Crippen LogP contribution in [0.25, 0.3) is 5.69 Å². The summed E-state index contributed by atoms with van der Waals surface area (Å²) in [5, 5.41) is 17.3. The van der Waals surface area contributed by atoms with Crippen LogP contribution in [0.1, 0.15) is 15.9 Å². The van der Waals surface area contributed by atoms with E-state index in [0.29, 0.717) is 0 Å². The SMILES string of the molecule is COc1ccc(C(=O)Nc2cc(C(F)(F)F)ccc2-n2cncn2)cc1[N+](=O)[O-]. The van der Waals surface area contributed by atoms with Gasteiger partial charge in [-0.2, -0.15) is 18.3 Å². The van der Waals surface area contributed by atoms with Crippen molar-refractivity contribution in [3.05, 3.63) is 70.3 Å². The second-order valence-electron chi connectivity index (χ2n) is 5.67. The van der Waals surface area contributed by atoms with Gasteiger partial charge in [0.1, 0.15) is 12.7 Å². The van der Waals surface area contributed by atoms with Crippen LogP contribution < -0.4 is 10.1 Å². The number of nitro benzene ring substituents is 1. The van der Waals surface area contributed by atoms with Gasteiger partial charge < -0.3 is 10.1 Å². The Morgan fingerprint density at radius 1 is 1.24 bits per heavy atom. The molecule has 0 radical (unpaired) electrons. The molecule has 0 fully saturated rings. The molecule has 1 N–H and O–H groups in total. The lowest BCUT2D eigenvalue weighted by atomic mass is 10.1. The topological polar surface area (TPSA) is 112 Å². The molecular weight excluding hydrogens is 395 g/mol. The number of nitro groups is 1. The van der Waals surface area contributed by atoms with Crippen LogP contribution in [-0.2, 0) is 6.18 Å². The minimum absolute atomic E-state index is 0.0612. The third-order valence-electron chi connectivity index (χ3n) is 3.88. The Bertz CT molecular complexity index is 1070. The molecule has 9 nitrogen and oxygen atoms in total. The first-order chi connectivity index (χ1) is 13.7. The summed E-state index contributed by atoms with van der Waals surface area (Å²) in [5.74, 6) is -0.912. The van der Waals surface area contributed by atoms with Gasteiger partial charge in [-0.05, 0) is 30.3 Å². The van der Waals surface area contributed by atoms with E-state index in [1.165, 1.54) is 36.6 Å². The lowest BCUT2D eigenvalue weighted by Crippen LogP contribution is -2.16. The fourth-order valence-corrected chi connectivity index (χ4v) is 2.51. The average molecular weight is 407 g/mol. The molecule has 0 aliphatic rings. The van der Waals surface area contributed by atoms with Gasteiger partial charge in [0.05, 0.1) is 29.0 Å². The molecule has 29 heavy (non-hydrogen) atoms. The predicted molar refractivity (Wildman–Crippen MR) is 94.0 cm³/mol. The molecule has 0 spiro atoms. The zero-order valence-corrected chi connectivity index (χ0v) is 14.7. The van der Waals surface area contributed by atoms with Gasteiger partial charge in [-0.1, -0.05) is 0 Å². The number of rotatable bonds is 5. The maximum atomic E-state index is 13.1. The summed E-state index contributed by atoms with van der Waals surface area (Å²) in [4.78, 5) is 26.7. The number of carbonyl (C=O) groups excluding carboxylic acids is 1. The highest BCUT2D eigenvalue weighted by Crippen LogP contribution is 2.34. The number of aromatic nitrogens is 3. The number of hydrogen-bond acceptors (Lipinski definition) is 6. The Kier molecular flexibility index (Phi) is 5.17. The molecule has 12 heteroatoms. The van der Waals surface area contributed by atoms with Gasteiger partial charge in [-0.25, -0.2) is 9.67 Å². The van der Waals surface area contributed by atoms with Crippen molar-refractivity contribution in [2.75, 3.05) is 12.4 Å². The molecular formula is C17H12F3N5O4. The first-order valence-electron chi connectivity index (χ1n) is 7.90. The zero-order chi connectivity index (χ0) is 21.2. The van der Waals surface area contributed by atoms with Gasteiger partial charge in [0.25, 0.3) is 5.91 Å². The Morgan fingerprint density at radius 2 is 2.00 bits per heavy atom. The third kappa shape index (κ3) is 4.15. The van der Waals surface area contributed by atoms with Crippen LogP contribution in [-0.4, -0.2) is 32.7 Å². The van der Waals surface area contributed by atoms with Crippen LogP contribution in [0.15, 0.2) is 49.1 Å². The summed E-state index contributed by atoms with van der Waals surface area (Å²) in [5.41, 5.74) is -1.65. The van der Waals surface area contributed by atoms with Crippen molar-refractivity contribution >= 4 is 17.3 Å². The number of alkyl halides is 3. The monoisotopic (exact) mass is 407 g/mol. The third-order valence-corrected chi connectivity index (χ3v) is 3.88. The first-order valence-corrected chi connectivity index (χ1v) is 7.90. The van der Waals surface area contributed by atoms with E-state index in [9.17, 15) is 28.1 Å². The van der Waals surface area contributed by atoms with E-state index in [0.717, 1.165) is 24.3 Å². The van der Waals surface area contributed by atoms with Crippen molar-refractivity contribution in [3.8, 4) is 11.4 Å². The summed E-state index contributed by atoms with van der Waals surface area (Å²) in [6.07, 6.45) is -2.22. The van der Waals surface area contributed by atoms with E-state index in [1.807, 2.05) is 0 Å². The Morgan fingerprint density at radius 3 is 2.59 bits per heavy atom. The van der Waals surface area contributed by atoms with Gasteiger partial charge in [0.15, 0.2) is 5.75 Å². The van der Waals surface area contributed by atoms with Crippen molar-refractivity contribution in [2.24, 2.45) is 0 Å². The number of carbonyl (C=O) groups is 1. The smallest absolute Gasteiger partial charge is 0.416 e. The zero-order valence-electron chi connectivity index (χ0n) is 14.7. The molecule has 3 aromatic rings. The highest BCUT2D eigenvalue weighted by Gasteiger charge is 2.31. The molecule has 1 aromatic heterocycles. The molecule has 2 aromatic carbocycles. The van der Waals surface area contributed by atoms with Gasteiger partial charge in [0, 0.05) is 11.6 Å². The van der Waals surface area contributed by atoms with Crippen molar-refractivity contribution < 1.29 is 27.6 Å². The summed E-state index contributed by atoms with van der Waals surface area (Å²) in [6.45, 7) is 0. The number of nitrogens with one attached hydrogen (secondary N) is 1. The molecule has 1 amide bonds. The van der Waals surface area contributed by atoms with Crippen molar-refractivity contribution in [2.45, 2.75) is 6.18 Å². The molecule has 0 saturated heterocycles. The molecule has 0 unspecified atom stereocenters. The molecule has 0 bridgehead atoms. The fourth-order valence-electron chi connectivity index (χ4n) is 2.51. The summed E-state index contributed by atoms with van der Waals surface area (Å²) in [6, 6.07) is 6.15. The second-order valence-corrected chi connectivity index (χ2v) is 5.67. The number of anilines is 1. The maximum absolute atomic E-state index is 13.1. The summed E-state index contributed by atoms with van der Waals surface area (Å²) >= 11 is 0. The standard InChI is InChI=1S/C17H12F3N5O4/c1-29-15-5-2-10(6-14(15)25(27)28)16(26)23-12-7-11(17(18,19)20)3-4-13(12)24-9-21-8-22-24/h2-9H,1H3,(H,23,26). The number of benzene rings is 2. The number of methoxy groups -OCH3 is 1. The second kappa shape index (κ2) is 7.58. The number of halogens is 3.